The number of ether oxygens (including phenoxy) is 3. The van der Waals surface area contributed by atoms with Crippen molar-refractivity contribution in [1.82, 2.24) is 19.6 Å². The predicted octanol–water partition coefficient (Wildman–Crippen LogP) is 6.46. The third-order valence-electron chi connectivity index (χ3n) is 7.04. The molecule has 0 saturated heterocycles. The van der Waals surface area contributed by atoms with Crippen molar-refractivity contribution in [2.75, 3.05) is 7.11 Å². The summed E-state index contributed by atoms with van der Waals surface area (Å²) in [5.74, 6) is 3.33. The Morgan fingerprint density at radius 2 is 1.71 bits per heavy atom. The number of benzene rings is 4. The largest absolute Gasteiger partial charge is 0.497 e. The van der Waals surface area contributed by atoms with Crippen molar-refractivity contribution in [3.8, 4) is 23.1 Å². The topological polar surface area (TPSA) is 70.8 Å². The quantitative estimate of drug-likeness (QED) is 0.270. The molecule has 38 heavy (non-hydrogen) atoms. The minimum absolute atomic E-state index is 0.170. The lowest BCUT2D eigenvalue weighted by molar-refractivity contribution is 0.294. The number of aryl methyl sites for hydroxylation is 1. The van der Waals surface area contributed by atoms with Crippen molar-refractivity contribution < 1.29 is 14.2 Å². The minimum Gasteiger partial charge on any atom is -0.497 e. The molecule has 0 radical (unpaired) electrons. The maximum Gasteiger partial charge on any atom is 0.228 e. The summed E-state index contributed by atoms with van der Waals surface area (Å²) in [5, 5.41) is 6.95. The molecule has 0 amide bonds. The molecule has 7 heteroatoms. The lowest BCUT2D eigenvalue weighted by atomic mass is 9.81. The van der Waals surface area contributed by atoms with Gasteiger partial charge in [0.2, 0.25) is 5.88 Å². The Balaban J connectivity index is 1.40. The van der Waals surface area contributed by atoms with Gasteiger partial charge in [-0.15, -0.1) is 5.10 Å². The zero-order valence-electron chi connectivity index (χ0n) is 21.0. The van der Waals surface area contributed by atoms with E-state index in [1.807, 2.05) is 55.5 Å². The number of methoxy groups -OCH3 is 1. The van der Waals surface area contributed by atoms with E-state index >= 15 is 0 Å². The van der Waals surface area contributed by atoms with E-state index in [1.165, 1.54) is 0 Å². The summed E-state index contributed by atoms with van der Waals surface area (Å²) in [6.45, 7) is 2.26. The summed E-state index contributed by atoms with van der Waals surface area (Å²) in [4.78, 5) is 9.57. The highest BCUT2D eigenvalue weighted by Gasteiger charge is 2.34. The van der Waals surface area contributed by atoms with Crippen molar-refractivity contribution >= 4 is 16.4 Å². The van der Waals surface area contributed by atoms with Crippen LogP contribution in [-0.4, -0.2) is 26.7 Å². The van der Waals surface area contributed by atoms with E-state index in [-0.39, 0.29) is 12.5 Å². The van der Waals surface area contributed by atoms with Crippen LogP contribution in [0.5, 0.6) is 23.1 Å². The lowest BCUT2D eigenvalue weighted by Crippen LogP contribution is -2.15. The Morgan fingerprint density at radius 3 is 2.55 bits per heavy atom. The first-order valence-electron chi connectivity index (χ1n) is 12.5. The third-order valence-corrected chi connectivity index (χ3v) is 7.04. The summed E-state index contributed by atoms with van der Waals surface area (Å²) in [7, 11) is 1.67. The van der Waals surface area contributed by atoms with Gasteiger partial charge in [-0.05, 0) is 53.1 Å². The number of nitrogens with zero attached hydrogens (tertiary/aromatic N) is 4. The van der Waals surface area contributed by atoms with Gasteiger partial charge in [0.1, 0.15) is 30.2 Å². The molecule has 1 aliphatic heterocycles. The fourth-order valence-corrected chi connectivity index (χ4v) is 5.20. The molecule has 0 bridgehead atoms. The van der Waals surface area contributed by atoms with Gasteiger partial charge in [-0.2, -0.15) is 0 Å². The highest BCUT2D eigenvalue weighted by Crippen LogP contribution is 2.50. The number of fused-ring (bicyclic) bond motifs is 6. The van der Waals surface area contributed by atoms with E-state index in [1.54, 1.807) is 18.0 Å². The fourth-order valence-electron chi connectivity index (χ4n) is 5.20. The van der Waals surface area contributed by atoms with Gasteiger partial charge in [-0.25, -0.2) is 14.5 Å². The first kappa shape index (κ1) is 22.3. The van der Waals surface area contributed by atoms with Gasteiger partial charge in [0, 0.05) is 11.5 Å². The SMILES string of the molecule is COc1ccc(C2c3c(ccc4ccccc34)Oc3ncn4nc(COc5ccccc5C)nc4c32)cc1. The Kier molecular flexibility index (Phi) is 5.21. The van der Waals surface area contributed by atoms with Crippen LogP contribution in [0.3, 0.4) is 0 Å². The molecule has 0 spiro atoms. The van der Waals surface area contributed by atoms with Crippen LogP contribution in [0.25, 0.3) is 16.4 Å². The average molecular weight is 501 g/mol. The van der Waals surface area contributed by atoms with Crippen molar-refractivity contribution in [3.05, 3.63) is 119 Å². The molecule has 0 saturated carbocycles. The Labute approximate surface area is 219 Å². The van der Waals surface area contributed by atoms with Crippen LogP contribution in [-0.2, 0) is 6.61 Å². The average Bonchev–Trinajstić information content (AvgIpc) is 3.39. The molecular formula is C31H24N4O3. The molecule has 4 aromatic carbocycles. The fraction of sp³-hybridized carbons (Fsp3) is 0.129. The van der Waals surface area contributed by atoms with E-state index in [0.717, 1.165) is 50.3 Å². The molecule has 7 nitrogen and oxygen atoms in total. The normalized spacial score (nSPS) is 14.1. The summed E-state index contributed by atoms with van der Waals surface area (Å²) in [6.07, 6.45) is 1.65. The second-order valence-corrected chi connectivity index (χ2v) is 9.32. The smallest absolute Gasteiger partial charge is 0.228 e. The van der Waals surface area contributed by atoms with Gasteiger partial charge in [0.25, 0.3) is 0 Å². The summed E-state index contributed by atoms with van der Waals surface area (Å²) < 4.78 is 19.6. The molecule has 1 atom stereocenters. The van der Waals surface area contributed by atoms with Gasteiger partial charge in [0.05, 0.1) is 12.7 Å². The molecule has 2 aromatic heterocycles. The zero-order valence-corrected chi connectivity index (χ0v) is 21.0. The molecule has 7 rings (SSSR count). The summed E-state index contributed by atoms with van der Waals surface area (Å²) >= 11 is 0. The first-order chi connectivity index (χ1) is 18.7. The maximum absolute atomic E-state index is 6.40. The maximum atomic E-state index is 6.40. The monoisotopic (exact) mass is 500 g/mol. The molecule has 0 fully saturated rings. The standard InChI is InChI=1S/C31H24N4O3/c1-19-7-3-6-10-24(19)37-17-26-33-30-29-27(21-11-14-22(36-2)15-12-21)28-23-9-5-4-8-20(23)13-16-25(28)38-31(29)32-18-35(30)34-26/h3-16,18,27H,17H2,1-2H3. The predicted molar refractivity (Wildman–Crippen MR) is 144 cm³/mol. The first-order valence-corrected chi connectivity index (χ1v) is 12.5. The molecule has 186 valence electrons. The van der Waals surface area contributed by atoms with Gasteiger partial charge < -0.3 is 14.2 Å². The van der Waals surface area contributed by atoms with E-state index in [9.17, 15) is 0 Å². The molecule has 1 aliphatic rings. The van der Waals surface area contributed by atoms with E-state index in [0.29, 0.717) is 17.4 Å². The number of para-hydroxylation sites is 1. The number of hydrogen-bond acceptors (Lipinski definition) is 6. The highest BCUT2D eigenvalue weighted by atomic mass is 16.5. The second kappa shape index (κ2) is 8.88. The molecule has 6 aromatic rings. The second-order valence-electron chi connectivity index (χ2n) is 9.32. The Hall–Kier alpha value is -4.91. The van der Waals surface area contributed by atoms with E-state index in [4.69, 9.17) is 19.2 Å². The van der Waals surface area contributed by atoms with Crippen LogP contribution in [0, 0.1) is 6.92 Å². The van der Waals surface area contributed by atoms with Crippen molar-refractivity contribution in [1.29, 1.82) is 0 Å². The van der Waals surface area contributed by atoms with Crippen LogP contribution in [0.15, 0.2) is 91.3 Å². The summed E-state index contributed by atoms with van der Waals surface area (Å²) in [5.41, 5.74) is 4.79. The minimum atomic E-state index is -0.170. The van der Waals surface area contributed by atoms with E-state index in [2.05, 4.69) is 46.5 Å². The number of aromatic nitrogens is 4. The highest BCUT2D eigenvalue weighted by molar-refractivity contribution is 5.90. The van der Waals surface area contributed by atoms with Crippen LogP contribution >= 0.6 is 0 Å². The van der Waals surface area contributed by atoms with Gasteiger partial charge in [0.15, 0.2) is 11.5 Å². The number of hydrogen-bond donors (Lipinski definition) is 0. The third kappa shape index (κ3) is 3.63. The zero-order chi connectivity index (χ0) is 25.6. The molecule has 0 N–H and O–H groups in total. The van der Waals surface area contributed by atoms with Gasteiger partial charge >= 0.3 is 0 Å². The molecule has 1 unspecified atom stereocenters. The lowest BCUT2D eigenvalue weighted by Gasteiger charge is -2.29. The number of rotatable bonds is 5. The van der Waals surface area contributed by atoms with Crippen LogP contribution in [0.2, 0.25) is 0 Å². The van der Waals surface area contributed by atoms with Crippen molar-refractivity contribution in [3.63, 3.8) is 0 Å². The van der Waals surface area contributed by atoms with Crippen LogP contribution in [0.4, 0.5) is 0 Å². The van der Waals surface area contributed by atoms with Gasteiger partial charge in [-0.1, -0.05) is 60.7 Å². The molecule has 3 heterocycles. The molecular weight excluding hydrogens is 476 g/mol. The Morgan fingerprint density at radius 1 is 0.895 bits per heavy atom. The molecule has 0 aliphatic carbocycles. The van der Waals surface area contributed by atoms with Crippen LogP contribution < -0.4 is 14.2 Å². The summed E-state index contributed by atoms with van der Waals surface area (Å²) in [6, 6.07) is 28.5. The van der Waals surface area contributed by atoms with Gasteiger partial charge in [-0.3, -0.25) is 0 Å². The van der Waals surface area contributed by atoms with Crippen LogP contribution in [0.1, 0.15) is 34.0 Å². The Bertz CT molecular complexity index is 1810. The van der Waals surface area contributed by atoms with Crippen molar-refractivity contribution in [2.45, 2.75) is 19.4 Å². The van der Waals surface area contributed by atoms with E-state index < -0.39 is 0 Å². The van der Waals surface area contributed by atoms with Crippen molar-refractivity contribution in [2.24, 2.45) is 0 Å².